The Bertz CT molecular complexity index is 110. The fourth-order valence-corrected chi connectivity index (χ4v) is 0.0373. The van der Waals surface area contributed by atoms with Crippen LogP contribution in [-0.2, 0) is 9.68 Å². The van der Waals surface area contributed by atoms with E-state index in [9.17, 15) is 4.79 Å². The van der Waals surface area contributed by atoms with Gasteiger partial charge in [0.15, 0.2) is 0 Å². The van der Waals surface area contributed by atoms with Crippen LogP contribution in [0.3, 0.4) is 0 Å². The van der Waals surface area contributed by atoms with Gasteiger partial charge in [0, 0.05) is 6.08 Å². The second-order valence-electron chi connectivity index (χ2n) is 1.65. The van der Waals surface area contributed by atoms with Crippen LogP contribution in [0.1, 0.15) is 6.92 Å². The highest BCUT2D eigenvalue weighted by Crippen LogP contribution is 1.68. The maximum absolute atomic E-state index is 9.59. The topological polar surface area (TPSA) is 87.0 Å². The Balaban J connectivity index is 0. The Labute approximate surface area is 64.5 Å². The van der Waals surface area contributed by atoms with Crippen molar-refractivity contribution in [2.75, 3.05) is 6.61 Å². The molecule has 0 rings (SSSR count). The molecule has 0 aliphatic heterocycles. The second kappa shape index (κ2) is 9.09. The Hall–Kier alpha value is -0.910. The van der Waals surface area contributed by atoms with Crippen molar-refractivity contribution in [1.29, 1.82) is 0 Å². The zero-order valence-electron chi connectivity index (χ0n) is 6.23. The van der Waals surface area contributed by atoms with Crippen LogP contribution < -0.4 is 0 Å². The van der Waals surface area contributed by atoms with Gasteiger partial charge in [-0.15, -0.1) is 0 Å². The summed E-state index contributed by atoms with van der Waals surface area (Å²) in [6, 6.07) is 0. The molecule has 0 aliphatic rings. The highest BCUT2D eigenvalue weighted by atomic mass is 17.1. The standard InChI is InChI=1S/C3H4O3.C3H8O2/c1-2-3(4)6-5;1-3(5)2-4/h2,5H,1H2;3-5H,2H2,1H3. The molecule has 0 fully saturated rings. The number of hydrogen-bond acceptors (Lipinski definition) is 5. The van der Waals surface area contributed by atoms with Crippen molar-refractivity contribution in [2.24, 2.45) is 0 Å². The Morgan fingerprint density at radius 2 is 2.18 bits per heavy atom. The molecular weight excluding hydrogens is 152 g/mol. The first-order valence-electron chi connectivity index (χ1n) is 2.85. The van der Waals surface area contributed by atoms with Crippen LogP contribution in [0, 0.1) is 0 Å². The van der Waals surface area contributed by atoms with Gasteiger partial charge in [0.1, 0.15) is 0 Å². The molecule has 1 atom stereocenters. The summed E-state index contributed by atoms with van der Waals surface area (Å²) in [6.45, 7) is 4.39. The zero-order valence-corrected chi connectivity index (χ0v) is 6.23. The van der Waals surface area contributed by atoms with E-state index in [2.05, 4.69) is 11.5 Å². The monoisotopic (exact) mass is 164 g/mol. The second-order valence-corrected chi connectivity index (χ2v) is 1.65. The summed E-state index contributed by atoms with van der Waals surface area (Å²) in [5.74, 6) is -0.838. The third-order valence-electron chi connectivity index (χ3n) is 0.521. The van der Waals surface area contributed by atoms with E-state index in [0.29, 0.717) is 0 Å². The maximum Gasteiger partial charge on any atom is 0.365 e. The fraction of sp³-hybridized carbons (Fsp3) is 0.500. The molecule has 0 aliphatic carbocycles. The third-order valence-corrected chi connectivity index (χ3v) is 0.521. The van der Waals surface area contributed by atoms with E-state index in [1.807, 2.05) is 0 Å². The molecule has 3 N–H and O–H groups in total. The first kappa shape index (κ1) is 12.7. The lowest BCUT2D eigenvalue weighted by atomic mass is 10.5. The lowest BCUT2D eigenvalue weighted by Gasteiger charge is -1.90. The van der Waals surface area contributed by atoms with Crippen LogP contribution in [-0.4, -0.2) is 34.2 Å². The molecule has 0 bridgehead atoms. The molecule has 11 heavy (non-hydrogen) atoms. The molecule has 0 radical (unpaired) electrons. The predicted molar refractivity (Wildman–Crippen MR) is 37.7 cm³/mol. The normalized spacial score (nSPS) is 10.5. The van der Waals surface area contributed by atoms with Crippen molar-refractivity contribution in [3.8, 4) is 0 Å². The molecule has 0 amide bonds. The van der Waals surface area contributed by atoms with Gasteiger partial charge in [0.05, 0.1) is 12.7 Å². The number of carbonyl (C=O) groups excluding carboxylic acids is 1. The first-order chi connectivity index (χ1) is 5.08. The highest BCUT2D eigenvalue weighted by molar-refractivity contribution is 5.80. The van der Waals surface area contributed by atoms with Gasteiger partial charge in [-0.25, -0.2) is 4.79 Å². The quantitative estimate of drug-likeness (QED) is 0.292. The van der Waals surface area contributed by atoms with Crippen molar-refractivity contribution in [2.45, 2.75) is 13.0 Å². The number of carbonyl (C=O) groups is 1. The van der Waals surface area contributed by atoms with E-state index in [4.69, 9.17) is 15.5 Å². The Morgan fingerprint density at radius 1 is 1.82 bits per heavy atom. The van der Waals surface area contributed by atoms with Gasteiger partial charge < -0.3 is 10.2 Å². The van der Waals surface area contributed by atoms with Crippen molar-refractivity contribution in [3.63, 3.8) is 0 Å². The number of rotatable bonds is 2. The molecule has 0 spiro atoms. The molecule has 0 aromatic heterocycles. The third kappa shape index (κ3) is 17.6. The Morgan fingerprint density at radius 3 is 2.18 bits per heavy atom. The molecule has 5 nitrogen and oxygen atoms in total. The summed E-state index contributed by atoms with van der Waals surface area (Å²) in [5, 5.41) is 23.4. The van der Waals surface area contributed by atoms with Crippen molar-refractivity contribution in [3.05, 3.63) is 12.7 Å². The molecule has 0 heterocycles. The lowest BCUT2D eigenvalue weighted by molar-refractivity contribution is -0.228. The summed E-state index contributed by atoms with van der Waals surface area (Å²) in [6.07, 6.45) is 0.301. The van der Waals surface area contributed by atoms with Gasteiger partial charge in [0.25, 0.3) is 0 Å². The van der Waals surface area contributed by atoms with Gasteiger partial charge in [-0.2, -0.15) is 5.26 Å². The van der Waals surface area contributed by atoms with E-state index < -0.39 is 12.1 Å². The van der Waals surface area contributed by atoms with Gasteiger partial charge in [-0.05, 0) is 6.92 Å². The van der Waals surface area contributed by atoms with Crippen molar-refractivity contribution in [1.82, 2.24) is 0 Å². The van der Waals surface area contributed by atoms with E-state index >= 15 is 0 Å². The van der Waals surface area contributed by atoms with Gasteiger partial charge in [0.2, 0.25) is 0 Å². The summed E-state index contributed by atoms with van der Waals surface area (Å²) in [5.41, 5.74) is 0. The van der Waals surface area contributed by atoms with E-state index in [1.165, 1.54) is 6.92 Å². The SMILES string of the molecule is C=CC(=O)OO.CC(O)CO. The van der Waals surface area contributed by atoms with Crippen LogP contribution in [0.4, 0.5) is 0 Å². The minimum Gasteiger partial charge on any atom is -0.394 e. The molecule has 66 valence electrons. The minimum atomic E-state index is -0.838. The average Bonchev–Trinajstić information content (AvgIpc) is 2.04. The number of hydrogen-bond donors (Lipinski definition) is 3. The van der Waals surface area contributed by atoms with Crippen LogP contribution >= 0.6 is 0 Å². The van der Waals surface area contributed by atoms with Crippen LogP contribution in [0.2, 0.25) is 0 Å². The summed E-state index contributed by atoms with van der Waals surface area (Å²) in [7, 11) is 0. The molecule has 0 saturated heterocycles. The molecule has 0 aromatic rings. The summed E-state index contributed by atoms with van der Waals surface area (Å²) < 4.78 is 0. The minimum absolute atomic E-state index is 0.139. The van der Waals surface area contributed by atoms with Crippen molar-refractivity contribution < 1.29 is 25.2 Å². The van der Waals surface area contributed by atoms with Crippen LogP contribution in [0.5, 0.6) is 0 Å². The first-order valence-corrected chi connectivity index (χ1v) is 2.85. The Kier molecular flexibility index (Phi) is 10.5. The lowest BCUT2D eigenvalue weighted by Crippen LogP contribution is -2.03. The largest absolute Gasteiger partial charge is 0.394 e. The molecule has 1 unspecified atom stereocenters. The molecular formula is C6H12O5. The van der Waals surface area contributed by atoms with Crippen LogP contribution in [0.15, 0.2) is 12.7 Å². The van der Waals surface area contributed by atoms with Crippen LogP contribution in [0.25, 0.3) is 0 Å². The number of aliphatic hydroxyl groups excluding tert-OH is 2. The maximum atomic E-state index is 9.59. The zero-order chi connectivity index (χ0) is 9.28. The summed E-state index contributed by atoms with van der Waals surface area (Å²) >= 11 is 0. The molecule has 5 heteroatoms. The van der Waals surface area contributed by atoms with E-state index in [-0.39, 0.29) is 6.61 Å². The number of aliphatic hydroxyl groups is 2. The van der Waals surface area contributed by atoms with E-state index in [1.54, 1.807) is 0 Å². The molecule has 0 aromatic carbocycles. The predicted octanol–water partition coefficient (Wildman–Crippen LogP) is -0.452. The van der Waals surface area contributed by atoms with Crippen molar-refractivity contribution >= 4 is 5.97 Å². The van der Waals surface area contributed by atoms with Gasteiger partial charge in [-0.1, -0.05) is 6.58 Å². The average molecular weight is 164 g/mol. The highest BCUT2D eigenvalue weighted by Gasteiger charge is 1.85. The van der Waals surface area contributed by atoms with E-state index in [0.717, 1.165) is 6.08 Å². The summed E-state index contributed by atoms with van der Waals surface area (Å²) in [4.78, 5) is 12.7. The van der Waals surface area contributed by atoms with Gasteiger partial charge in [-0.3, -0.25) is 4.89 Å². The van der Waals surface area contributed by atoms with Gasteiger partial charge >= 0.3 is 5.97 Å². The smallest absolute Gasteiger partial charge is 0.365 e. The molecule has 0 saturated carbocycles. The fourth-order valence-electron chi connectivity index (χ4n) is 0.0373.